The van der Waals surface area contributed by atoms with E-state index in [0.717, 1.165) is 6.92 Å². The third kappa shape index (κ3) is 5.06. The average molecular weight is 299 g/mol. The number of nitrogens with zero attached hydrogens (tertiary/aromatic N) is 1. The Hall–Kier alpha value is -1.80. The molecule has 116 valence electrons. The van der Waals surface area contributed by atoms with E-state index >= 15 is 0 Å². The fourth-order valence-electron chi connectivity index (χ4n) is 1.57. The summed E-state index contributed by atoms with van der Waals surface area (Å²) in [5.41, 5.74) is 0. The van der Waals surface area contributed by atoms with Gasteiger partial charge in [-0.05, 0) is 6.42 Å². The molecular formula is C11H16F3NO5. The van der Waals surface area contributed by atoms with Gasteiger partial charge in [0.1, 0.15) is 6.04 Å². The summed E-state index contributed by atoms with van der Waals surface area (Å²) in [5.74, 6) is -6.65. The molecule has 9 heteroatoms. The molecule has 2 atom stereocenters. The largest absolute Gasteiger partial charge is 0.481 e. The minimum Gasteiger partial charge on any atom is -0.481 e. The van der Waals surface area contributed by atoms with Crippen molar-refractivity contribution in [2.24, 2.45) is 5.92 Å². The van der Waals surface area contributed by atoms with Crippen LogP contribution in [0.5, 0.6) is 0 Å². The van der Waals surface area contributed by atoms with Gasteiger partial charge >= 0.3 is 24.0 Å². The Kier molecular flexibility index (Phi) is 6.47. The second-order valence-electron chi connectivity index (χ2n) is 4.34. The number of hydrogen-bond acceptors (Lipinski definition) is 3. The maximum atomic E-state index is 12.5. The highest BCUT2D eigenvalue weighted by Gasteiger charge is 2.46. The second kappa shape index (κ2) is 7.11. The van der Waals surface area contributed by atoms with Gasteiger partial charge in [-0.25, -0.2) is 4.79 Å². The molecule has 0 aliphatic rings. The van der Waals surface area contributed by atoms with Crippen LogP contribution in [0.15, 0.2) is 0 Å². The van der Waals surface area contributed by atoms with Gasteiger partial charge < -0.3 is 15.1 Å². The number of aliphatic carboxylic acids is 2. The monoisotopic (exact) mass is 299 g/mol. The SMILES string of the molecule is CCCC(C(=O)O)N(CC(C)C(=O)O)C(=O)C(F)(F)F. The van der Waals surface area contributed by atoms with Crippen molar-refractivity contribution in [3.05, 3.63) is 0 Å². The lowest BCUT2D eigenvalue weighted by molar-refractivity contribution is -0.191. The van der Waals surface area contributed by atoms with Gasteiger partial charge in [0.25, 0.3) is 0 Å². The van der Waals surface area contributed by atoms with Crippen LogP contribution >= 0.6 is 0 Å². The number of carboxylic acid groups (broad SMARTS) is 2. The molecule has 0 fully saturated rings. The molecule has 0 spiro atoms. The van der Waals surface area contributed by atoms with Crippen molar-refractivity contribution < 1.29 is 37.8 Å². The van der Waals surface area contributed by atoms with E-state index in [4.69, 9.17) is 10.2 Å². The fraction of sp³-hybridized carbons (Fsp3) is 0.727. The number of carboxylic acids is 2. The lowest BCUT2D eigenvalue weighted by atomic mass is 10.1. The molecule has 2 N–H and O–H groups in total. The predicted molar refractivity (Wildman–Crippen MR) is 60.9 cm³/mol. The summed E-state index contributed by atoms with van der Waals surface area (Å²) in [6, 6.07) is -1.70. The van der Waals surface area contributed by atoms with E-state index in [0.29, 0.717) is 0 Å². The van der Waals surface area contributed by atoms with E-state index < -0.39 is 42.5 Å². The summed E-state index contributed by atoms with van der Waals surface area (Å²) < 4.78 is 37.4. The van der Waals surface area contributed by atoms with Crippen molar-refractivity contribution >= 4 is 17.8 Å². The van der Waals surface area contributed by atoms with Crippen molar-refractivity contribution in [1.29, 1.82) is 0 Å². The zero-order chi connectivity index (χ0) is 16.1. The zero-order valence-corrected chi connectivity index (χ0v) is 11.0. The Morgan fingerprint density at radius 1 is 1.15 bits per heavy atom. The van der Waals surface area contributed by atoms with Crippen LogP contribution in [0.1, 0.15) is 26.7 Å². The minimum absolute atomic E-state index is 0.0740. The van der Waals surface area contributed by atoms with E-state index in [1.54, 1.807) is 6.92 Å². The first kappa shape index (κ1) is 18.2. The first-order valence-corrected chi connectivity index (χ1v) is 5.85. The van der Waals surface area contributed by atoms with Gasteiger partial charge in [0.05, 0.1) is 5.92 Å². The molecule has 0 aliphatic heterocycles. The van der Waals surface area contributed by atoms with Crippen molar-refractivity contribution in [2.75, 3.05) is 6.54 Å². The molecule has 0 saturated heterocycles. The fourth-order valence-corrected chi connectivity index (χ4v) is 1.57. The van der Waals surface area contributed by atoms with E-state index in [2.05, 4.69) is 0 Å². The molecule has 0 bridgehead atoms. The molecule has 0 saturated carbocycles. The van der Waals surface area contributed by atoms with Gasteiger partial charge in [0, 0.05) is 6.54 Å². The van der Waals surface area contributed by atoms with Gasteiger partial charge in [0.2, 0.25) is 0 Å². The summed E-state index contributed by atoms with van der Waals surface area (Å²) in [6.07, 6.45) is -5.21. The predicted octanol–water partition coefficient (Wildman–Crippen LogP) is 1.35. The van der Waals surface area contributed by atoms with Gasteiger partial charge in [0.15, 0.2) is 0 Å². The minimum atomic E-state index is -5.25. The third-order valence-electron chi connectivity index (χ3n) is 2.62. The van der Waals surface area contributed by atoms with E-state index in [1.807, 2.05) is 0 Å². The highest BCUT2D eigenvalue weighted by atomic mass is 19.4. The van der Waals surface area contributed by atoms with Crippen molar-refractivity contribution in [2.45, 2.75) is 38.9 Å². The van der Waals surface area contributed by atoms with Crippen LogP contribution in [0.25, 0.3) is 0 Å². The summed E-state index contributed by atoms with van der Waals surface area (Å²) in [5, 5.41) is 17.6. The van der Waals surface area contributed by atoms with Crippen molar-refractivity contribution in [3.63, 3.8) is 0 Å². The first-order valence-electron chi connectivity index (χ1n) is 5.85. The number of hydrogen-bond donors (Lipinski definition) is 2. The van der Waals surface area contributed by atoms with Crippen molar-refractivity contribution in [3.8, 4) is 0 Å². The van der Waals surface area contributed by atoms with Crippen molar-refractivity contribution in [1.82, 2.24) is 4.90 Å². The number of amides is 1. The van der Waals surface area contributed by atoms with Crippen LogP contribution in [-0.2, 0) is 14.4 Å². The second-order valence-corrected chi connectivity index (χ2v) is 4.34. The first-order chi connectivity index (χ1) is 9.02. The Balaban J connectivity index is 5.38. The Morgan fingerprint density at radius 2 is 1.65 bits per heavy atom. The molecule has 0 radical (unpaired) electrons. The third-order valence-corrected chi connectivity index (χ3v) is 2.62. The summed E-state index contributed by atoms with van der Waals surface area (Å²) in [4.78, 5) is 33.1. The average Bonchev–Trinajstić information content (AvgIpc) is 2.30. The highest BCUT2D eigenvalue weighted by molar-refractivity contribution is 5.87. The smallest absolute Gasteiger partial charge is 0.471 e. The molecule has 20 heavy (non-hydrogen) atoms. The van der Waals surface area contributed by atoms with Crippen LogP contribution in [0.3, 0.4) is 0 Å². The molecule has 0 aliphatic carbocycles. The van der Waals surface area contributed by atoms with Crippen LogP contribution in [0.4, 0.5) is 13.2 Å². The molecule has 0 aromatic heterocycles. The Morgan fingerprint density at radius 3 is 1.95 bits per heavy atom. The number of alkyl halides is 3. The lowest BCUT2D eigenvalue weighted by Gasteiger charge is -2.30. The number of rotatable bonds is 7. The summed E-state index contributed by atoms with van der Waals surface area (Å²) >= 11 is 0. The Bertz CT molecular complexity index is 383. The van der Waals surface area contributed by atoms with Gasteiger partial charge in [-0.3, -0.25) is 9.59 Å². The van der Waals surface area contributed by atoms with Crippen LogP contribution in [0, 0.1) is 5.92 Å². The summed E-state index contributed by atoms with van der Waals surface area (Å²) in [6.45, 7) is 1.83. The highest BCUT2D eigenvalue weighted by Crippen LogP contribution is 2.22. The number of halogens is 3. The lowest BCUT2D eigenvalue weighted by Crippen LogP contribution is -2.52. The molecule has 2 unspecified atom stereocenters. The molecule has 6 nitrogen and oxygen atoms in total. The Labute approximate surface area is 113 Å². The maximum Gasteiger partial charge on any atom is 0.471 e. The van der Waals surface area contributed by atoms with E-state index in [-0.39, 0.29) is 17.7 Å². The van der Waals surface area contributed by atoms with Gasteiger partial charge in [-0.1, -0.05) is 20.3 Å². The topological polar surface area (TPSA) is 94.9 Å². The molecule has 0 aromatic rings. The maximum absolute atomic E-state index is 12.5. The molecular weight excluding hydrogens is 283 g/mol. The van der Waals surface area contributed by atoms with Gasteiger partial charge in [-0.2, -0.15) is 13.2 Å². The molecule has 1 amide bonds. The number of carbonyl (C=O) groups excluding carboxylic acids is 1. The summed E-state index contributed by atoms with van der Waals surface area (Å²) in [7, 11) is 0. The van der Waals surface area contributed by atoms with Gasteiger partial charge in [-0.15, -0.1) is 0 Å². The van der Waals surface area contributed by atoms with Crippen LogP contribution in [-0.4, -0.2) is 51.7 Å². The zero-order valence-electron chi connectivity index (χ0n) is 11.0. The molecule has 0 rings (SSSR count). The normalized spacial score (nSPS) is 14.4. The van der Waals surface area contributed by atoms with Crippen LogP contribution in [0.2, 0.25) is 0 Å². The molecule has 0 aromatic carbocycles. The quantitative estimate of drug-likeness (QED) is 0.740. The van der Waals surface area contributed by atoms with E-state index in [1.165, 1.54) is 0 Å². The standard InChI is InChI=1S/C11H16F3NO5/c1-3-4-7(9(18)19)15(5-6(2)8(16)17)10(20)11(12,13)14/h6-7H,3-5H2,1-2H3,(H,16,17)(H,18,19). The number of carbonyl (C=O) groups is 3. The molecule has 0 heterocycles. The van der Waals surface area contributed by atoms with Crippen LogP contribution < -0.4 is 0 Å². The van der Waals surface area contributed by atoms with E-state index in [9.17, 15) is 27.6 Å².